The molecule has 1 rings (SSSR count). The monoisotopic (exact) mass is 299 g/mol. The maximum atomic E-state index is 10.6. The normalized spacial score (nSPS) is 31.7. The minimum absolute atomic E-state index is 0.0734. The Morgan fingerprint density at radius 2 is 1.76 bits per heavy atom. The number of carbonyl (C=O) groups excluding carboxylic acids is 1. The molecule has 5 heteroatoms. The first-order chi connectivity index (χ1) is 9.50. The Morgan fingerprint density at radius 3 is 2.19 bits per heavy atom. The lowest BCUT2D eigenvalue weighted by atomic mass is 9.71. The second-order valence-corrected chi connectivity index (χ2v) is 7.28. The smallest absolute Gasteiger partial charge is 0.207 e. The van der Waals surface area contributed by atoms with E-state index >= 15 is 0 Å². The lowest BCUT2D eigenvalue weighted by molar-refractivity contribution is -0.111. The van der Waals surface area contributed by atoms with Gasteiger partial charge in [0.05, 0.1) is 11.2 Å². The molecule has 0 aromatic carbocycles. The summed E-state index contributed by atoms with van der Waals surface area (Å²) in [6.45, 7) is 6.78. The van der Waals surface area contributed by atoms with Gasteiger partial charge in [-0.05, 0) is 59.3 Å². The number of rotatable bonds is 6. The zero-order valence-corrected chi connectivity index (χ0v) is 13.5. The van der Waals surface area contributed by atoms with Gasteiger partial charge in [0.15, 0.2) is 0 Å². The van der Waals surface area contributed by atoms with E-state index in [2.05, 4.69) is 5.32 Å². The number of nitrogens with one attached hydrogen (secondary N) is 1. The molecular weight excluding hydrogens is 270 g/mol. The Labute approximate surface area is 127 Å². The van der Waals surface area contributed by atoms with Crippen molar-refractivity contribution in [3.8, 4) is 0 Å². The first-order valence-electron chi connectivity index (χ1n) is 7.54. The van der Waals surface area contributed by atoms with Gasteiger partial charge in [-0.2, -0.15) is 0 Å². The highest BCUT2D eigenvalue weighted by atomic mass is 16.3. The van der Waals surface area contributed by atoms with E-state index in [-0.39, 0.29) is 11.5 Å². The van der Waals surface area contributed by atoms with Gasteiger partial charge in [-0.15, -0.1) is 0 Å². The average Bonchev–Trinajstić information content (AvgIpc) is 2.35. The third-order valence-electron chi connectivity index (χ3n) is 4.66. The van der Waals surface area contributed by atoms with Crippen LogP contribution < -0.4 is 5.32 Å². The molecule has 0 radical (unpaired) electrons. The molecule has 0 aromatic heterocycles. The molecule has 0 spiro atoms. The van der Waals surface area contributed by atoms with E-state index in [9.17, 15) is 20.1 Å². The van der Waals surface area contributed by atoms with Crippen LogP contribution >= 0.6 is 0 Å². The van der Waals surface area contributed by atoms with E-state index in [1.807, 2.05) is 6.92 Å². The number of hydrogen-bond acceptors (Lipinski definition) is 4. The van der Waals surface area contributed by atoms with Gasteiger partial charge < -0.3 is 20.6 Å². The van der Waals surface area contributed by atoms with Crippen LogP contribution in [0.5, 0.6) is 0 Å². The molecule has 0 aliphatic heterocycles. The van der Waals surface area contributed by atoms with Gasteiger partial charge in [0, 0.05) is 5.54 Å². The Bertz CT molecular complexity index is 376. The molecule has 0 heterocycles. The first kappa shape index (κ1) is 18.1. The fourth-order valence-corrected chi connectivity index (χ4v) is 2.78. The molecule has 1 amide bonds. The largest absolute Gasteiger partial charge is 0.387 e. The predicted molar refractivity (Wildman–Crippen MR) is 81.6 cm³/mol. The second kappa shape index (κ2) is 6.46. The Hall–Kier alpha value is -0.910. The van der Waals surface area contributed by atoms with Crippen molar-refractivity contribution in [3.63, 3.8) is 0 Å². The summed E-state index contributed by atoms with van der Waals surface area (Å²) in [5, 5.41) is 32.9. The van der Waals surface area contributed by atoms with Crippen molar-refractivity contribution < 1.29 is 20.1 Å². The zero-order valence-electron chi connectivity index (χ0n) is 13.5. The lowest BCUT2D eigenvalue weighted by Gasteiger charge is -2.41. The summed E-state index contributed by atoms with van der Waals surface area (Å²) < 4.78 is 0. The fourth-order valence-electron chi connectivity index (χ4n) is 2.78. The molecule has 2 unspecified atom stereocenters. The first-order valence-corrected chi connectivity index (χ1v) is 7.54. The van der Waals surface area contributed by atoms with Crippen LogP contribution in [0.1, 0.15) is 53.4 Å². The van der Waals surface area contributed by atoms with Crippen LogP contribution in [0.3, 0.4) is 0 Å². The minimum atomic E-state index is -1.23. The summed E-state index contributed by atoms with van der Waals surface area (Å²) in [6, 6.07) is 0. The van der Waals surface area contributed by atoms with Crippen molar-refractivity contribution in [1.29, 1.82) is 0 Å². The Morgan fingerprint density at radius 1 is 1.24 bits per heavy atom. The van der Waals surface area contributed by atoms with Crippen molar-refractivity contribution in [2.24, 2.45) is 5.92 Å². The maximum Gasteiger partial charge on any atom is 0.207 e. The van der Waals surface area contributed by atoms with Gasteiger partial charge in [-0.3, -0.25) is 4.79 Å². The van der Waals surface area contributed by atoms with Crippen molar-refractivity contribution in [1.82, 2.24) is 5.32 Å². The molecule has 2 atom stereocenters. The summed E-state index contributed by atoms with van der Waals surface area (Å²) in [4.78, 5) is 10.6. The van der Waals surface area contributed by atoms with Crippen LogP contribution in [0.15, 0.2) is 12.2 Å². The molecule has 122 valence electrons. The molecule has 0 saturated heterocycles. The molecule has 1 fully saturated rings. The molecule has 0 aromatic rings. The SMILES string of the molecule is CC1(NC=O)CCC(C(C)(O)C=CC(O)C(C)(C)O)CC1. The molecule has 1 saturated carbocycles. The third-order valence-corrected chi connectivity index (χ3v) is 4.66. The highest BCUT2D eigenvalue weighted by Gasteiger charge is 2.38. The van der Waals surface area contributed by atoms with E-state index in [1.54, 1.807) is 13.0 Å². The predicted octanol–water partition coefficient (Wildman–Crippen LogP) is 1.12. The molecule has 0 bridgehead atoms. The lowest BCUT2D eigenvalue weighted by Crippen LogP contribution is -2.47. The van der Waals surface area contributed by atoms with Crippen molar-refractivity contribution in [2.45, 2.75) is 76.2 Å². The second-order valence-electron chi connectivity index (χ2n) is 7.28. The quantitative estimate of drug-likeness (QED) is 0.437. The summed E-state index contributed by atoms with van der Waals surface area (Å²) in [5.74, 6) is 0.0734. The molecule has 21 heavy (non-hydrogen) atoms. The summed E-state index contributed by atoms with van der Waals surface area (Å²) in [7, 11) is 0. The topological polar surface area (TPSA) is 89.8 Å². The molecule has 1 aliphatic carbocycles. The van der Waals surface area contributed by atoms with E-state index in [1.165, 1.54) is 19.9 Å². The summed E-state index contributed by atoms with van der Waals surface area (Å²) >= 11 is 0. The minimum Gasteiger partial charge on any atom is -0.387 e. The van der Waals surface area contributed by atoms with Crippen LogP contribution in [0.4, 0.5) is 0 Å². The van der Waals surface area contributed by atoms with Gasteiger partial charge in [0.2, 0.25) is 6.41 Å². The van der Waals surface area contributed by atoms with Crippen molar-refractivity contribution in [2.75, 3.05) is 0 Å². The Kier molecular flexibility index (Phi) is 5.58. The van der Waals surface area contributed by atoms with Crippen LogP contribution in [0.25, 0.3) is 0 Å². The molecule has 4 N–H and O–H groups in total. The van der Waals surface area contributed by atoms with Gasteiger partial charge in [0.25, 0.3) is 0 Å². The Balaban J connectivity index is 2.65. The third kappa shape index (κ3) is 5.09. The van der Waals surface area contributed by atoms with Crippen LogP contribution in [-0.4, -0.2) is 44.6 Å². The highest BCUT2D eigenvalue weighted by molar-refractivity contribution is 5.47. The standard InChI is InChI=1S/C16H29NO4/c1-14(2,20)13(19)7-10-16(4,21)12-5-8-15(3,9-6-12)17-11-18/h7,10-13,19-21H,5-6,8-9H2,1-4H3,(H,17,18). The fraction of sp³-hybridized carbons (Fsp3) is 0.812. The molecule has 5 nitrogen and oxygen atoms in total. The van der Waals surface area contributed by atoms with Gasteiger partial charge in [-0.1, -0.05) is 12.2 Å². The van der Waals surface area contributed by atoms with Crippen LogP contribution in [0.2, 0.25) is 0 Å². The van der Waals surface area contributed by atoms with Crippen LogP contribution in [0, 0.1) is 5.92 Å². The maximum absolute atomic E-state index is 10.6. The van der Waals surface area contributed by atoms with E-state index in [0.29, 0.717) is 0 Å². The van der Waals surface area contributed by atoms with Gasteiger partial charge in [0.1, 0.15) is 6.10 Å². The van der Waals surface area contributed by atoms with E-state index < -0.39 is 17.3 Å². The summed E-state index contributed by atoms with van der Waals surface area (Å²) in [6.07, 6.45) is 5.98. The van der Waals surface area contributed by atoms with Gasteiger partial charge in [-0.25, -0.2) is 0 Å². The van der Waals surface area contributed by atoms with Crippen molar-refractivity contribution in [3.05, 3.63) is 12.2 Å². The number of hydrogen-bond donors (Lipinski definition) is 4. The number of aliphatic hydroxyl groups excluding tert-OH is 1. The van der Waals surface area contributed by atoms with E-state index in [4.69, 9.17) is 0 Å². The molecular formula is C16H29NO4. The van der Waals surface area contributed by atoms with Crippen molar-refractivity contribution >= 4 is 6.41 Å². The average molecular weight is 299 g/mol. The van der Waals surface area contributed by atoms with E-state index in [0.717, 1.165) is 32.1 Å². The highest BCUT2D eigenvalue weighted by Crippen LogP contribution is 2.38. The molecule has 1 aliphatic rings. The van der Waals surface area contributed by atoms with Gasteiger partial charge >= 0.3 is 0 Å². The zero-order chi connectivity index (χ0) is 16.3. The number of amides is 1. The van der Waals surface area contributed by atoms with Crippen LogP contribution in [-0.2, 0) is 4.79 Å². The number of aliphatic hydroxyl groups is 3. The number of carbonyl (C=O) groups is 1. The summed E-state index contributed by atoms with van der Waals surface area (Å²) in [5.41, 5.74) is -2.45.